The molecule has 0 heterocycles. The summed E-state index contributed by atoms with van der Waals surface area (Å²) in [6.45, 7) is 5.35. The van der Waals surface area contributed by atoms with Gasteiger partial charge in [0.1, 0.15) is 0 Å². The molecule has 1 aromatic rings. The minimum Gasteiger partial charge on any atom is -0.372 e. The number of benzene rings is 1. The summed E-state index contributed by atoms with van der Waals surface area (Å²) in [4.78, 5) is 0. The van der Waals surface area contributed by atoms with E-state index in [2.05, 4.69) is 66.8 Å². The van der Waals surface area contributed by atoms with Crippen molar-refractivity contribution in [2.45, 2.75) is 32.8 Å². The van der Waals surface area contributed by atoms with Crippen LogP contribution < -0.4 is 0 Å². The third-order valence-electron chi connectivity index (χ3n) is 3.00. The molecule has 1 atom stereocenters. The van der Waals surface area contributed by atoms with Crippen LogP contribution in [0, 0.1) is 5.92 Å². The minimum absolute atomic E-state index is 0.252. The normalized spacial score (nSPS) is 13.0. The number of alkyl halides is 1. The van der Waals surface area contributed by atoms with Crippen LogP contribution in [0.4, 0.5) is 0 Å². The number of rotatable bonds is 7. The lowest BCUT2D eigenvalue weighted by Crippen LogP contribution is -2.13. The van der Waals surface area contributed by atoms with Crippen molar-refractivity contribution in [2.24, 2.45) is 5.92 Å². The van der Waals surface area contributed by atoms with Crippen LogP contribution in [0.5, 0.6) is 0 Å². The van der Waals surface area contributed by atoms with Gasteiger partial charge in [-0.05, 0) is 11.5 Å². The number of ether oxygens (including phenoxy) is 1. The molecular weight excluding hydrogens is 311 g/mol. The van der Waals surface area contributed by atoms with Gasteiger partial charge < -0.3 is 4.74 Å². The second-order valence-corrected chi connectivity index (χ2v) is 4.95. The predicted octanol–water partition coefficient (Wildman–Crippen LogP) is 4.62. The lowest BCUT2D eigenvalue weighted by atomic mass is 10.0. The first kappa shape index (κ1) is 14.0. The highest BCUT2D eigenvalue weighted by Crippen LogP contribution is 2.21. The van der Waals surface area contributed by atoms with Crippen molar-refractivity contribution in [1.82, 2.24) is 0 Å². The standard InChI is InChI=1S/C14H21IO/c1-3-12(4-2)11-16-14(10-15)13-8-6-5-7-9-13/h5-9,12,14H,3-4,10-11H2,1-2H3. The van der Waals surface area contributed by atoms with E-state index in [1.807, 2.05) is 0 Å². The number of hydrogen-bond acceptors (Lipinski definition) is 1. The summed E-state index contributed by atoms with van der Waals surface area (Å²) in [5.41, 5.74) is 1.29. The lowest BCUT2D eigenvalue weighted by molar-refractivity contribution is 0.0420. The Labute approximate surface area is 113 Å². The van der Waals surface area contributed by atoms with Gasteiger partial charge in [-0.15, -0.1) is 0 Å². The summed E-state index contributed by atoms with van der Waals surface area (Å²) in [6.07, 6.45) is 2.67. The fraction of sp³-hybridized carbons (Fsp3) is 0.571. The average molecular weight is 332 g/mol. The second-order valence-electron chi connectivity index (χ2n) is 4.07. The maximum Gasteiger partial charge on any atom is 0.0914 e. The zero-order valence-corrected chi connectivity index (χ0v) is 12.3. The van der Waals surface area contributed by atoms with Crippen molar-refractivity contribution in [2.75, 3.05) is 11.0 Å². The van der Waals surface area contributed by atoms with Crippen LogP contribution in [0.2, 0.25) is 0 Å². The predicted molar refractivity (Wildman–Crippen MR) is 78.1 cm³/mol. The topological polar surface area (TPSA) is 9.23 Å². The Bertz CT molecular complexity index is 269. The third kappa shape index (κ3) is 4.42. The zero-order chi connectivity index (χ0) is 11.8. The zero-order valence-electron chi connectivity index (χ0n) is 10.2. The third-order valence-corrected chi connectivity index (χ3v) is 3.80. The molecule has 1 rings (SSSR count). The molecule has 0 aliphatic heterocycles. The maximum absolute atomic E-state index is 6.01. The molecule has 0 saturated carbocycles. The van der Waals surface area contributed by atoms with Gasteiger partial charge in [0.05, 0.1) is 12.7 Å². The molecule has 0 aliphatic rings. The molecule has 0 aromatic heterocycles. The van der Waals surface area contributed by atoms with Gasteiger partial charge in [0.25, 0.3) is 0 Å². The Kier molecular flexibility index (Phi) is 7.05. The monoisotopic (exact) mass is 332 g/mol. The van der Waals surface area contributed by atoms with Crippen LogP contribution in [0.25, 0.3) is 0 Å². The van der Waals surface area contributed by atoms with Crippen LogP contribution in [0.15, 0.2) is 30.3 Å². The molecule has 2 heteroatoms. The SMILES string of the molecule is CCC(CC)COC(CI)c1ccccc1. The van der Waals surface area contributed by atoms with E-state index in [-0.39, 0.29) is 6.10 Å². The van der Waals surface area contributed by atoms with E-state index >= 15 is 0 Å². The Morgan fingerprint density at radius 3 is 2.25 bits per heavy atom. The summed E-state index contributed by atoms with van der Waals surface area (Å²) in [6, 6.07) is 10.5. The molecule has 0 radical (unpaired) electrons. The van der Waals surface area contributed by atoms with Gasteiger partial charge in [0, 0.05) is 4.43 Å². The van der Waals surface area contributed by atoms with Gasteiger partial charge in [-0.25, -0.2) is 0 Å². The van der Waals surface area contributed by atoms with E-state index in [9.17, 15) is 0 Å². The summed E-state index contributed by atoms with van der Waals surface area (Å²) in [5.74, 6) is 0.703. The first-order valence-electron chi connectivity index (χ1n) is 6.04. The molecule has 0 saturated heterocycles. The van der Waals surface area contributed by atoms with E-state index in [0.29, 0.717) is 5.92 Å². The lowest BCUT2D eigenvalue weighted by Gasteiger charge is -2.19. The van der Waals surface area contributed by atoms with Crippen LogP contribution in [-0.4, -0.2) is 11.0 Å². The molecule has 1 nitrogen and oxygen atoms in total. The average Bonchev–Trinajstić information content (AvgIpc) is 2.36. The van der Waals surface area contributed by atoms with Gasteiger partial charge in [-0.1, -0.05) is 79.6 Å². The first-order chi connectivity index (χ1) is 7.81. The van der Waals surface area contributed by atoms with Crippen molar-refractivity contribution in [3.8, 4) is 0 Å². The van der Waals surface area contributed by atoms with Crippen LogP contribution in [-0.2, 0) is 4.74 Å². The molecule has 0 fully saturated rings. The second kappa shape index (κ2) is 8.07. The van der Waals surface area contributed by atoms with E-state index in [1.54, 1.807) is 0 Å². The summed E-state index contributed by atoms with van der Waals surface area (Å²) < 4.78 is 7.03. The van der Waals surface area contributed by atoms with Gasteiger partial charge in [-0.2, -0.15) is 0 Å². The van der Waals surface area contributed by atoms with Crippen LogP contribution >= 0.6 is 22.6 Å². The summed E-state index contributed by atoms with van der Waals surface area (Å²) in [7, 11) is 0. The molecule has 0 aliphatic carbocycles. The highest BCUT2D eigenvalue weighted by atomic mass is 127. The highest BCUT2D eigenvalue weighted by Gasteiger charge is 2.12. The molecule has 0 amide bonds. The smallest absolute Gasteiger partial charge is 0.0914 e. The molecule has 0 bridgehead atoms. The summed E-state index contributed by atoms with van der Waals surface area (Å²) in [5, 5.41) is 0. The van der Waals surface area contributed by atoms with Gasteiger partial charge in [0.15, 0.2) is 0 Å². The van der Waals surface area contributed by atoms with E-state index in [1.165, 1.54) is 18.4 Å². The molecule has 90 valence electrons. The van der Waals surface area contributed by atoms with Gasteiger partial charge in [0.2, 0.25) is 0 Å². The molecular formula is C14H21IO. The van der Waals surface area contributed by atoms with Crippen LogP contribution in [0.1, 0.15) is 38.4 Å². The van der Waals surface area contributed by atoms with Crippen molar-refractivity contribution in [1.29, 1.82) is 0 Å². The van der Waals surface area contributed by atoms with Crippen molar-refractivity contribution in [3.05, 3.63) is 35.9 Å². The molecule has 1 aromatic carbocycles. The van der Waals surface area contributed by atoms with Crippen molar-refractivity contribution < 1.29 is 4.74 Å². The Hall–Kier alpha value is -0.0900. The van der Waals surface area contributed by atoms with Crippen molar-refractivity contribution >= 4 is 22.6 Å². The number of hydrogen-bond donors (Lipinski definition) is 0. The molecule has 0 spiro atoms. The van der Waals surface area contributed by atoms with Gasteiger partial charge >= 0.3 is 0 Å². The fourth-order valence-electron chi connectivity index (χ4n) is 1.67. The van der Waals surface area contributed by atoms with E-state index in [4.69, 9.17) is 4.74 Å². The van der Waals surface area contributed by atoms with E-state index < -0.39 is 0 Å². The largest absolute Gasteiger partial charge is 0.372 e. The molecule has 16 heavy (non-hydrogen) atoms. The Morgan fingerprint density at radius 1 is 1.12 bits per heavy atom. The fourth-order valence-corrected chi connectivity index (χ4v) is 2.44. The highest BCUT2D eigenvalue weighted by molar-refractivity contribution is 14.1. The molecule has 0 N–H and O–H groups in total. The van der Waals surface area contributed by atoms with E-state index in [0.717, 1.165) is 11.0 Å². The quantitative estimate of drug-likeness (QED) is 0.523. The number of halogens is 1. The van der Waals surface area contributed by atoms with Crippen LogP contribution in [0.3, 0.4) is 0 Å². The molecule has 1 unspecified atom stereocenters. The minimum atomic E-state index is 0.252. The van der Waals surface area contributed by atoms with Crippen molar-refractivity contribution in [3.63, 3.8) is 0 Å². The first-order valence-corrected chi connectivity index (χ1v) is 7.56. The Balaban J connectivity index is 2.50. The Morgan fingerprint density at radius 2 is 1.75 bits per heavy atom. The summed E-state index contributed by atoms with van der Waals surface area (Å²) >= 11 is 2.40. The maximum atomic E-state index is 6.01. The van der Waals surface area contributed by atoms with Gasteiger partial charge in [-0.3, -0.25) is 0 Å².